The van der Waals surface area contributed by atoms with E-state index in [2.05, 4.69) is 10.1 Å². The monoisotopic (exact) mass is 272 g/mol. The van der Waals surface area contributed by atoms with E-state index in [0.29, 0.717) is 13.0 Å². The molecule has 1 aromatic rings. The molecule has 0 unspecified atom stereocenters. The van der Waals surface area contributed by atoms with Crippen molar-refractivity contribution >= 4 is 23.2 Å². The molecule has 100 valence electrons. The van der Waals surface area contributed by atoms with Crippen LogP contribution in [0.4, 0.5) is 0 Å². The molecule has 0 spiro atoms. The zero-order chi connectivity index (χ0) is 13.5. The van der Waals surface area contributed by atoms with Crippen LogP contribution in [0.3, 0.4) is 0 Å². The summed E-state index contributed by atoms with van der Waals surface area (Å²) >= 11 is 1.15. The van der Waals surface area contributed by atoms with Crippen LogP contribution >= 0.6 is 11.3 Å². The number of carbonyl (C=O) groups excluding carboxylic acids is 2. The van der Waals surface area contributed by atoms with Crippen molar-refractivity contribution in [1.82, 2.24) is 9.88 Å². The Balaban J connectivity index is 2.28. The number of carbonyl (C=O) groups is 2. The summed E-state index contributed by atoms with van der Waals surface area (Å²) in [6.45, 7) is 2.25. The van der Waals surface area contributed by atoms with Gasteiger partial charge >= 0.3 is 10.8 Å². The second kappa shape index (κ2) is 6.95. The number of aromatic nitrogens is 1. The fraction of sp³-hybridized carbons (Fsp3) is 0.545. The van der Waals surface area contributed by atoms with Crippen molar-refractivity contribution in [2.24, 2.45) is 0 Å². The zero-order valence-electron chi connectivity index (χ0n) is 10.4. The first-order valence-corrected chi connectivity index (χ1v) is 6.41. The van der Waals surface area contributed by atoms with Crippen LogP contribution in [0.25, 0.3) is 0 Å². The van der Waals surface area contributed by atoms with Crippen LogP contribution in [-0.4, -0.2) is 30.1 Å². The van der Waals surface area contributed by atoms with Gasteiger partial charge in [0.05, 0.1) is 7.11 Å². The number of aryl methyl sites for hydroxylation is 1. The van der Waals surface area contributed by atoms with E-state index in [1.54, 1.807) is 9.95 Å². The van der Waals surface area contributed by atoms with Crippen molar-refractivity contribution < 1.29 is 14.3 Å². The maximum atomic E-state index is 11.4. The molecule has 0 aromatic carbocycles. The maximum absolute atomic E-state index is 11.4. The van der Waals surface area contributed by atoms with Crippen molar-refractivity contribution in [2.75, 3.05) is 13.7 Å². The first-order valence-electron chi connectivity index (χ1n) is 5.53. The number of thiazole rings is 1. The Kier molecular flexibility index (Phi) is 5.57. The molecule has 1 rings (SSSR count). The third kappa shape index (κ3) is 4.33. The Labute approximate surface area is 109 Å². The van der Waals surface area contributed by atoms with Gasteiger partial charge in [0.25, 0.3) is 0 Å². The summed E-state index contributed by atoms with van der Waals surface area (Å²) < 4.78 is 6.03. The van der Waals surface area contributed by atoms with E-state index in [0.717, 1.165) is 17.0 Å². The minimum Gasteiger partial charge on any atom is -0.468 e. The van der Waals surface area contributed by atoms with Crippen LogP contribution in [0.2, 0.25) is 0 Å². The molecule has 0 saturated heterocycles. The van der Waals surface area contributed by atoms with Gasteiger partial charge in [0.1, 0.15) is 6.54 Å². The van der Waals surface area contributed by atoms with Crippen LogP contribution in [0.15, 0.2) is 10.2 Å². The molecular weight excluding hydrogens is 256 g/mol. The number of hydrogen-bond acceptors (Lipinski definition) is 5. The highest BCUT2D eigenvalue weighted by atomic mass is 32.1. The molecule has 0 aliphatic heterocycles. The third-order valence-electron chi connectivity index (χ3n) is 2.42. The smallest absolute Gasteiger partial charge is 0.325 e. The largest absolute Gasteiger partial charge is 0.468 e. The van der Waals surface area contributed by atoms with Gasteiger partial charge in [-0.05, 0) is 13.3 Å². The minimum atomic E-state index is -0.478. The molecule has 0 aliphatic rings. The molecule has 0 bridgehead atoms. The average molecular weight is 272 g/mol. The highest BCUT2D eigenvalue weighted by molar-refractivity contribution is 7.07. The molecule has 1 amide bonds. The Morgan fingerprint density at radius 2 is 2.22 bits per heavy atom. The van der Waals surface area contributed by atoms with Crippen molar-refractivity contribution in [3.05, 3.63) is 20.7 Å². The van der Waals surface area contributed by atoms with Gasteiger partial charge in [-0.25, -0.2) is 0 Å². The Hall–Kier alpha value is -1.63. The zero-order valence-corrected chi connectivity index (χ0v) is 11.2. The summed E-state index contributed by atoms with van der Waals surface area (Å²) in [5.74, 6) is -0.699. The summed E-state index contributed by atoms with van der Waals surface area (Å²) in [6.07, 6.45) is 0.837. The number of ether oxygens (including phenoxy) is 1. The number of nitrogens with one attached hydrogen (secondary N) is 1. The van der Waals surface area contributed by atoms with Gasteiger partial charge in [-0.3, -0.25) is 14.4 Å². The van der Waals surface area contributed by atoms with E-state index >= 15 is 0 Å². The molecule has 6 nitrogen and oxygen atoms in total. The number of hydrogen-bond donors (Lipinski definition) is 1. The molecular formula is C11H16N2O4S. The lowest BCUT2D eigenvalue weighted by Crippen LogP contribution is -2.30. The van der Waals surface area contributed by atoms with Gasteiger partial charge in [-0.15, -0.1) is 0 Å². The standard InChI is InChI=1S/C11H16N2O4S/c1-8-7-18-11(16)13(8)5-3-4-9(14)12-6-10(15)17-2/h7H,3-6H2,1-2H3,(H,12,14). The van der Waals surface area contributed by atoms with E-state index < -0.39 is 5.97 Å². The average Bonchev–Trinajstić information content (AvgIpc) is 2.67. The maximum Gasteiger partial charge on any atom is 0.325 e. The normalized spacial score (nSPS) is 10.1. The number of methoxy groups -OCH3 is 1. The topological polar surface area (TPSA) is 77.4 Å². The molecule has 18 heavy (non-hydrogen) atoms. The summed E-state index contributed by atoms with van der Waals surface area (Å²) in [6, 6.07) is 0. The number of amides is 1. The number of rotatable bonds is 6. The third-order valence-corrected chi connectivity index (χ3v) is 3.30. The second-order valence-electron chi connectivity index (χ2n) is 3.75. The van der Waals surface area contributed by atoms with Gasteiger partial charge in [0, 0.05) is 24.0 Å². The van der Waals surface area contributed by atoms with Gasteiger partial charge in [0.15, 0.2) is 0 Å². The SMILES string of the molecule is COC(=O)CNC(=O)CCCn1c(C)csc1=O. The van der Waals surface area contributed by atoms with Crippen LogP contribution in [0.5, 0.6) is 0 Å². The fourth-order valence-corrected chi connectivity index (χ4v) is 2.16. The number of nitrogens with zero attached hydrogens (tertiary/aromatic N) is 1. The lowest BCUT2D eigenvalue weighted by atomic mass is 10.3. The Morgan fingerprint density at radius 1 is 1.50 bits per heavy atom. The van der Waals surface area contributed by atoms with Crippen molar-refractivity contribution in [3.8, 4) is 0 Å². The molecule has 7 heteroatoms. The molecule has 1 aromatic heterocycles. The van der Waals surface area contributed by atoms with E-state index in [-0.39, 0.29) is 23.7 Å². The fourth-order valence-electron chi connectivity index (χ4n) is 1.40. The lowest BCUT2D eigenvalue weighted by molar-refractivity contribution is -0.141. The van der Waals surface area contributed by atoms with Gasteiger partial charge < -0.3 is 14.6 Å². The van der Waals surface area contributed by atoms with Gasteiger partial charge in [0.2, 0.25) is 5.91 Å². The van der Waals surface area contributed by atoms with Crippen molar-refractivity contribution in [2.45, 2.75) is 26.3 Å². The first kappa shape index (κ1) is 14.4. The highest BCUT2D eigenvalue weighted by Crippen LogP contribution is 2.02. The van der Waals surface area contributed by atoms with E-state index in [9.17, 15) is 14.4 Å². The second-order valence-corrected chi connectivity index (χ2v) is 4.57. The molecule has 0 fully saturated rings. The number of esters is 1. The first-order chi connectivity index (χ1) is 8.54. The Bertz CT molecular complexity index is 478. The summed E-state index contributed by atoms with van der Waals surface area (Å²) in [5, 5.41) is 4.24. The van der Waals surface area contributed by atoms with Crippen LogP contribution in [-0.2, 0) is 20.9 Å². The molecule has 0 atom stereocenters. The summed E-state index contributed by atoms with van der Waals surface area (Å²) in [4.78, 5) is 33.5. The Morgan fingerprint density at radius 3 is 2.78 bits per heavy atom. The van der Waals surface area contributed by atoms with Crippen LogP contribution < -0.4 is 10.2 Å². The predicted molar refractivity (Wildman–Crippen MR) is 67.6 cm³/mol. The van der Waals surface area contributed by atoms with E-state index in [1.165, 1.54) is 7.11 Å². The minimum absolute atomic E-state index is 0.0116. The quantitative estimate of drug-likeness (QED) is 0.755. The molecule has 0 radical (unpaired) electrons. The molecule has 0 saturated carbocycles. The van der Waals surface area contributed by atoms with Gasteiger partial charge in [-0.1, -0.05) is 11.3 Å². The van der Waals surface area contributed by atoms with E-state index in [1.807, 2.05) is 6.92 Å². The van der Waals surface area contributed by atoms with E-state index in [4.69, 9.17) is 0 Å². The van der Waals surface area contributed by atoms with Crippen LogP contribution in [0, 0.1) is 6.92 Å². The predicted octanol–water partition coefficient (Wildman–Crippen LogP) is 0.288. The van der Waals surface area contributed by atoms with Crippen molar-refractivity contribution in [1.29, 1.82) is 0 Å². The summed E-state index contributed by atoms with van der Waals surface area (Å²) in [5.41, 5.74) is 0.903. The van der Waals surface area contributed by atoms with Crippen LogP contribution in [0.1, 0.15) is 18.5 Å². The van der Waals surface area contributed by atoms with Crippen molar-refractivity contribution in [3.63, 3.8) is 0 Å². The lowest BCUT2D eigenvalue weighted by Gasteiger charge is -2.05. The summed E-state index contributed by atoms with van der Waals surface area (Å²) in [7, 11) is 1.26. The van der Waals surface area contributed by atoms with Gasteiger partial charge in [-0.2, -0.15) is 0 Å². The molecule has 1 N–H and O–H groups in total. The molecule has 0 aliphatic carbocycles. The highest BCUT2D eigenvalue weighted by Gasteiger charge is 2.06. The molecule has 1 heterocycles.